The van der Waals surface area contributed by atoms with Crippen LogP contribution in [0.1, 0.15) is 22.3 Å². The van der Waals surface area contributed by atoms with Gasteiger partial charge < -0.3 is 4.30 Å². The van der Waals surface area contributed by atoms with Gasteiger partial charge in [0.1, 0.15) is 0 Å². The topological polar surface area (TPSA) is 24.4 Å². The van der Waals surface area contributed by atoms with Crippen LogP contribution >= 0.6 is 0 Å². The highest BCUT2D eigenvalue weighted by atomic mass is 27.2. The highest BCUT2D eigenvalue weighted by molar-refractivity contribution is 6.60. The molecule has 0 radical (unpaired) electrons. The Morgan fingerprint density at radius 3 is 2.35 bits per heavy atom. The number of aryl methyl sites for hydroxylation is 2. The summed E-state index contributed by atoms with van der Waals surface area (Å²) in [6.45, 7) is 4.25. The molecule has 0 spiro atoms. The van der Waals surface area contributed by atoms with E-state index in [0.717, 1.165) is 11.0 Å². The second kappa shape index (κ2) is 8.85. The van der Waals surface area contributed by atoms with Gasteiger partial charge in [-0.25, -0.2) is 0 Å². The van der Waals surface area contributed by atoms with Crippen LogP contribution in [0.25, 0.3) is 0 Å². The van der Waals surface area contributed by atoms with E-state index in [9.17, 15) is 0 Å². The zero-order chi connectivity index (χ0) is 18.4. The van der Waals surface area contributed by atoms with Gasteiger partial charge in [0.25, 0.3) is 0 Å². The van der Waals surface area contributed by atoms with Crippen LogP contribution in [0, 0.1) is 13.8 Å². The van der Waals surface area contributed by atoms with Gasteiger partial charge in [-0.2, -0.15) is 0 Å². The monoisotopic (exact) mass is 356 g/mol. The maximum absolute atomic E-state index is 4.65. The number of anilines is 1. The summed E-state index contributed by atoms with van der Waals surface area (Å²) in [5.74, 6) is 2.36. The lowest BCUT2D eigenvalue weighted by molar-refractivity contribution is 1.32. The van der Waals surface area contributed by atoms with Crippen molar-refractivity contribution < 1.29 is 0 Å². The number of rotatable bonds is 6. The largest absolute Gasteiger partial charge is 0.476 e. The lowest BCUT2D eigenvalue weighted by Crippen LogP contribution is -2.25. The molecule has 130 valence electrons. The Morgan fingerprint density at radius 1 is 0.885 bits per heavy atom. The lowest BCUT2D eigenvalue weighted by atomic mass is 10.1. The van der Waals surface area contributed by atoms with Crippen molar-refractivity contribution in [3.8, 4) is 0 Å². The molecule has 26 heavy (non-hydrogen) atoms. The quantitative estimate of drug-likeness (QED) is 0.433. The van der Waals surface area contributed by atoms with Gasteiger partial charge in [-0.1, -0.05) is 71.5 Å². The summed E-state index contributed by atoms with van der Waals surface area (Å²) in [6, 6.07) is 25.4. The maximum Gasteiger partial charge on any atom is 0.412 e. The smallest absolute Gasteiger partial charge is 0.412 e. The minimum Gasteiger partial charge on any atom is -0.476 e. The second-order valence-electron chi connectivity index (χ2n) is 6.86. The van der Waals surface area contributed by atoms with E-state index in [1.165, 1.54) is 27.9 Å². The van der Waals surface area contributed by atoms with Crippen LogP contribution in [-0.4, -0.2) is 20.6 Å². The Labute approximate surface area is 161 Å². The zero-order valence-electron chi connectivity index (χ0n) is 15.7. The Kier molecular flexibility index (Phi) is 6.28. The van der Waals surface area contributed by atoms with Crippen LogP contribution in [0.4, 0.5) is 11.4 Å². The summed E-state index contributed by atoms with van der Waals surface area (Å²) in [5, 5.41) is 1.09. The van der Waals surface area contributed by atoms with Crippen LogP contribution in [0.3, 0.4) is 0 Å². The van der Waals surface area contributed by atoms with Gasteiger partial charge in [0, 0.05) is 11.9 Å². The normalized spacial score (nSPS) is 10.9. The van der Waals surface area contributed by atoms with Crippen molar-refractivity contribution in [2.24, 2.45) is 4.99 Å². The van der Waals surface area contributed by atoms with Crippen LogP contribution in [0.2, 0.25) is 5.79 Å². The number of nitrogens with one attached hydrogen (secondary N) is 1. The molecule has 0 aliphatic heterocycles. The van der Waals surface area contributed by atoms with Crippen molar-refractivity contribution >= 4 is 32.0 Å². The van der Waals surface area contributed by atoms with Gasteiger partial charge in [-0.05, 0) is 48.5 Å². The van der Waals surface area contributed by atoms with E-state index in [1.807, 2.05) is 6.21 Å². The lowest BCUT2D eigenvalue weighted by Gasteiger charge is -2.14. The minimum atomic E-state index is -1.13. The van der Waals surface area contributed by atoms with Crippen LogP contribution in [0.15, 0.2) is 77.8 Å². The molecule has 0 unspecified atom stereocenters. The van der Waals surface area contributed by atoms with Crippen molar-refractivity contribution in [2.45, 2.75) is 24.9 Å². The van der Waals surface area contributed by atoms with Crippen LogP contribution < -0.4 is 4.30 Å². The van der Waals surface area contributed by atoms with Gasteiger partial charge in [0.15, 0.2) is 0 Å². The molecule has 1 N–H and O–H groups in total. The maximum atomic E-state index is 4.65. The molecule has 2 nitrogen and oxygen atoms in total. The average molecular weight is 356 g/mol. The van der Waals surface area contributed by atoms with Gasteiger partial charge in [0.05, 0.1) is 5.69 Å². The molecule has 0 amide bonds. The number of hydrogen-bond donors (Lipinski definition) is 1. The molecular weight excluding hydrogens is 331 g/mol. The first-order valence-corrected chi connectivity index (χ1v) is 11.7. The number of benzene rings is 3. The molecule has 3 aromatic carbocycles. The molecule has 3 heteroatoms. The van der Waals surface area contributed by atoms with Crippen molar-refractivity contribution in [1.29, 1.82) is 0 Å². The number of para-hydroxylation sites is 1. The molecule has 3 rings (SSSR count). The van der Waals surface area contributed by atoms with E-state index >= 15 is 0 Å². The first kappa shape index (κ1) is 18.5. The first-order chi connectivity index (χ1) is 12.6. The molecule has 3 aromatic rings. The van der Waals surface area contributed by atoms with Crippen LogP contribution in [-0.2, 0) is 5.28 Å². The third-order valence-electron chi connectivity index (χ3n) is 4.51. The Morgan fingerprint density at radius 2 is 1.58 bits per heavy atom. The SMILES string of the molecule is Cc1ccc(N=Cc2ccccc2[CH2][Al]([CH3])[NH]c2ccccc2C)cc1. The van der Waals surface area contributed by atoms with Crippen LogP contribution in [0.5, 0.6) is 0 Å². The van der Waals surface area contributed by atoms with E-state index in [4.69, 9.17) is 0 Å². The highest BCUT2D eigenvalue weighted by Gasteiger charge is 2.15. The van der Waals surface area contributed by atoms with Crippen molar-refractivity contribution in [3.05, 3.63) is 95.1 Å². The fraction of sp³-hybridized carbons (Fsp3) is 0.174. The summed E-state index contributed by atoms with van der Waals surface area (Å²) in [5.41, 5.74) is 7.39. The van der Waals surface area contributed by atoms with E-state index in [1.54, 1.807) is 0 Å². The number of hydrogen-bond acceptors (Lipinski definition) is 2. The standard InChI is InChI=1S/C15H14N.C7H8N.CH3.Al/c1-12-7-9-15(10-8-12)16-11-14-6-4-3-5-13(14)2;1-6-4-2-3-5-7(6)8;;/h3-11H,2H2,1H3;2-5,8H,1H3;1H3;/q;-1;;+1. The Hall–Kier alpha value is -2.34. The minimum absolute atomic E-state index is 0.994. The Bertz CT molecular complexity index is 885. The molecule has 0 fully saturated rings. The third-order valence-corrected chi connectivity index (χ3v) is 6.37. The second-order valence-corrected chi connectivity index (χ2v) is 9.36. The highest BCUT2D eigenvalue weighted by Crippen LogP contribution is 2.17. The summed E-state index contributed by atoms with van der Waals surface area (Å²) in [7, 11) is 0. The molecule has 0 bridgehead atoms. The predicted octanol–water partition coefficient (Wildman–Crippen LogP) is 5.87. The van der Waals surface area contributed by atoms with E-state index in [-0.39, 0.29) is 0 Å². The van der Waals surface area contributed by atoms with E-state index in [0.29, 0.717) is 0 Å². The molecule has 0 saturated carbocycles. The molecular formula is C23H25AlN2. The molecule has 0 aliphatic carbocycles. The molecule has 0 aliphatic rings. The number of nitrogens with zero attached hydrogens (tertiary/aromatic N) is 1. The zero-order valence-corrected chi connectivity index (χ0v) is 16.9. The number of aliphatic imine (C=N–C) groups is 1. The summed E-state index contributed by atoms with van der Waals surface area (Å²) < 4.78 is 3.76. The summed E-state index contributed by atoms with van der Waals surface area (Å²) in [4.78, 5) is 4.65. The average Bonchev–Trinajstić information content (AvgIpc) is 2.64. The van der Waals surface area contributed by atoms with Gasteiger partial charge in [-0.3, -0.25) is 4.99 Å². The Balaban J connectivity index is 1.72. The van der Waals surface area contributed by atoms with Crippen molar-refractivity contribution in [1.82, 2.24) is 0 Å². The molecule has 0 aromatic heterocycles. The van der Waals surface area contributed by atoms with Crippen molar-refractivity contribution in [3.63, 3.8) is 0 Å². The predicted molar refractivity (Wildman–Crippen MR) is 115 cm³/mol. The third kappa shape index (κ3) is 5.08. The fourth-order valence-electron chi connectivity index (χ4n) is 3.00. The first-order valence-electron chi connectivity index (χ1n) is 9.12. The van der Waals surface area contributed by atoms with E-state index < -0.39 is 14.4 Å². The van der Waals surface area contributed by atoms with Gasteiger partial charge in [0.2, 0.25) is 0 Å². The molecule has 0 saturated heterocycles. The fourth-order valence-corrected chi connectivity index (χ4v) is 4.99. The van der Waals surface area contributed by atoms with E-state index in [2.05, 4.69) is 102 Å². The van der Waals surface area contributed by atoms with Gasteiger partial charge in [-0.15, -0.1) is 0 Å². The summed E-state index contributed by atoms with van der Waals surface area (Å²) in [6.07, 6.45) is 1.99. The van der Waals surface area contributed by atoms with Crippen molar-refractivity contribution in [2.75, 3.05) is 4.30 Å². The van der Waals surface area contributed by atoms with Gasteiger partial charge >= 0.3 is 14.4 Å². The molecule has 0 atom stereocenters. The summed E-state index contributed by atoms with van der Waals surface area (Å²) >= 11 is -1.13. The molecule has 0 heterocycles.